The Labute approximate surface area is 165 Å². The normalized spacial score (nSPS) is 17.4. The number of hydrogen-bond acceptors (Lipinski definition) is 4. The van der Waals surface area contributed by atoms with Crippen molar-refractivity contribution in [3.05, 3.63) is 54.1 Å². The number of carbonyl (C=O) groups excluding carboxylic acids is 2. The van der Waals surface area contributed by atoms with Crippen molar-refractivity contribution in [1.82, 2.24) is 0 Å². The summed E-state index contributed by atoms with van der Waals surface area (Å²) in [6.07, 6.45) is -3.61. The third kappa shape index (κ3) is 4.76. The van der Waals surface area contributed by atoms with Crippen molar-refractivity contribution in [3.8, 4) is 0 Å². The van der Waals surface area contributed by atoms with Crippen molar-refractivity contribution < 1.29 is 31.2 Å². The quantitative estimate of drug-likeness (QED) is 0.815. The molecule has 1 aliphatic rings. The molecule has 154 valence electrons. The van der Waals surface area contributed by atoms with Crippen molar-refractivity contribution >= 4 is 33.0 Å². The van der Waals surface area contributed by atoms with Crippen molar-refractivity contribution in [2.75, 3.05) is 23.0 Å². The fourth-order valence-corrected chi connectivity index (χ4v) is 3.64. The fraction of sp³-hybridized carbons (Fsp3) is 0.263. The SMILES string of the molecule is CS(=O)(=O)c1ccc(NC(=O)C2CC(=O)N(c3cccc(C(F)(F)F)c3)C2)cc1. The van der Waals surface area contributed by atoms with Crippen LogP contribution in [-0.4, -0.2) is 33.0 Å². The second-order valence-corrected chi connectivity index (χ2v) is 8.76. The molecule has 1 atom stereocenters. The first kappa shape index (κ1) is 20.8. The van der Waals surface area contributed by atoms with E-state index in [4.69, 9.17) is 0 Å². The molecule has 1 fully saturated rings. The van der Waals surface area contributed by atoms with E-state index in [2.05, 4.69) is 5.32 Å². The molecule has 0 aromatic heterocycles. The maximum Gasteiger partial charge on any atom is 0.416 e. The number of sulfone groups is 1. The molecular formula is C19H17F3N2O4S. The number of carbonyl (C=O) groups is 2. The molecule has 1 saturated heterocycles. The minimum Gasteiger partial charge on any atom is -0.326 e. The van der Waals surface area contributed by atoms with Crippen LogP contribution in [0.4, 0.5) is 24.5 Å². The molecule has 0 bridgehead atoms. The molecule has 0 aliphatic carbocycles. The second kappa shape index (κ2) is 7.51. The van der Waals surface area contributed by atoms with Crippen molar-refractivity contribution in [2.24, 2.45) is 5.92 Å². The van der Waals surface area contributed by atoms with Gasteiger partial charge in [-0.05, 0) is 42.5 Å². The van der Waals surface area contributed by atoms with E-state index in [0.717, 1.165) is 23.3 Å². The van der Waals surface area contributed by atoms with E-state index in [0.29, 0.717) is 5.69 Å². The molecular weight excluding hydrogens is 409 g/mol. The highest BCUT2D eigenvalue weighted by Gasteiger charge is 2.37. The van der Waals surface area contributed by atoms with Crippen LogP contribution in [0.15, 0.2) is 53.4 Å². The van der Waals surface area contributed by atoms with Gasteiger partial charge in [0, 0.05) is 30.6 Å². The molecule has 6 nitrogen and oxygen atoms in total. The van der Waals surface area contributed by atoms with Gasteiger partial charge in [-0.15, -0.1) is 0 Å². The maximum absolute atomic E-state index is 12.9. The number of halogens is 3. The summed E-state index contributed by atoms with van der Waals surface area (Å²) in [4.78, 5) is 26.0. The number of alkyl halides is 3. The van der Waals surface area contributed by atoms with Gasteiger partial charge >= 0.3 is 6.18 Å². The summed E-state index contributed by atoms with van der Waals surface area (Å²) in [5.41, 5.74) is -0.438. The topological polar surface area (TPSA) is 83.5 Å². The van der Waals surface area contributed by atoms with Crippen molar-refractivity contribution in [2.45, 2.75) is 17.5 Å². The number of anilines is 2. The van der Waals surface area contributed by atoms with Crippen LogP contribution in [0.5, 0.6) is 0 Å². The van der Waals surface area contributed by atoms with Crippen LogP contribution in [0.25, 0.3) is 0 Å². The summed E-state index contributed by atoms with van der Waals surface area (Å²) >= 11 is 0. The molecule has 0 radical (unpaired) electrons. The first-order valence-electron chi connectivity index (χ1n) is 8.54. The molecule has 2 aromatic carbocycles. The van der Waals surface area contributed by atoms with E-state index in [1.165, 1.54) is 36.4 Å². The van der Waals surface area contributed by atoms with Gasteiger partial charge in [-0.2, -0.15) is 13.2 Å². The predicted octanol–water partition coefficient (Wildman–Crippen LogP) is 3.10. The Morgan fingerprint density at radius 3 is 2.38 bits per heavy atom. The smallest absolute Gasteiger partial charge is 0.326 e. The highest BCUT2D eigenvalue weighted by atomic mass is 32.2. The molecule has 1 N–H and O–H groups in total. The average Bonchev–Trinajstić information content (AvgIpc) is 3.03. The lowest BCUT2D eigenvalue weighted by Gasteiger charge is -2.18. The molecule has 3 rings (SSSR count). The minimum atomic E-state index is -4.53. The van der Waals surface area contributed by atoms with Gasteiger partial charge in [0.15, 0.2) is 9.84 Å². The summed E-state index contributed by atoms with van der Waals surface area (Å²) in [6.45, 7) is -0.0482. The zero-order valence-electron chi connectivity index (χ0n) is 15.2. The third-order valence-corrected chi connectivity index (χ3v) is 5.66. The number of benzene rings is 2. The molecule has 0 spiro atoms. The van der Waals surface area contributed by atoms with E-state index in [9.17, 15) is 31.2 Å². The molecule has 2 amide bonds. The summed E-state index contributed by atoms with van der Waals surface area (Å²) in [5, 5.41) is 2.60. The van der Waals surface area contributed by atoms with E-state index in [1.54, 1.807) is 0 Å². The number of amides is 2. The van der Waals surface area contributed by atoms with E-state index >= 15 is 0 Å². The highest BCUT2D eigenvalue weighted by molar-refractivity contribution is 7.90. The standard InChI is InChI=1S/C19H17F3N2O4S/c1-29(27,28)16-7-5-14(6-8-16)23-18(26)12-9-17(25)24(11-12)15-4-2-3-13(10-15)19(20,21)22/h2-8,10,12H,9,11H2,1H3,(H,23,26). The molecule has 0 saturated carbocycles. The number of nitrogens with one attached hydrogen (secondary N) is 1. The fourth-order valence-electron chi connectivity index (χ4n) is 3.01. The number of nitrogens with zero attached hydrogens (tertiary/aromatic N) is 1. The maximum atomic E-state index is 12.9. The summed E-state index contributed by atoms with van der Waals surface area (Å²) in [7, 11) is -3.37. The Morgan fingerprint density at radius 1 is 1.14 bits per heavy atom. The summed E-state index contributed by atoms with van der Waals surface area (Å²) in [5.74, 6) is -1.66. The predicted molar refractivity (Wildman–Crippen MR) is 100 cm³/mol. The van der Waals surface area contributed by atoms with Crippen molar-refractivity contribution in [1.29, 1.82) is 0 Å². The van der Waals surface area contributed by atoms with Gasteiger partial charge in [-0.3, -0.25) is 9.59 Å². The van der Waals surface area contributed by atoms with Gasteiger partial charge < -0.3 is 10.2 Å². The van der Waals surface area contributed by atoms with Crippen molar-refractivity contribution in [3.63, 3.8) is 0 Å². The summed E-state index contributed by atoms with van der Waals surface area (Å²) < 4.78 is 61.6. The first-order valence-corrected chi connectivity index (χ1v) is 10.4. The highest BCUT2D eigenvalue weighted by Crippen LogP contribution is 2.33. The monoisotopic (exact) mass is 426 g/mol. The average molecular weight is 426 g/mol. The van der Waals surface area contributed by atoms with E-state index in [-0.39, 0.29) is 23.5 Å². The lowest BCUT2D eigenvalue weighted by Crippen LogP contribution is -2.28. The van der Waals surface area contributed by atoms with Crippen LogP contribution in [0.1, 0.15) is 12.0 Å². The molecule has 1 aliphatic heterocycles. The molecule has 29 heavy (non-hydrogen) atoms. The van der Waals surface area contributed by atoms with Crippen LogP contribution < -0.4 is 10.2 Å². The minimum absolute atomic E-state index is 0.0482. The largest absolute Gasteiger partial charge is 0.416 e. The Morgan fingerprint density at radius 2 is 1.79 bits per heavy atom. The van der Waals surface area contributed by atoms with Gasteiger partial charge in [0.1, 0.15) is 0 Å². The Bertz CT molecular complexity index is 1050. The Hall–Kier alpha value is -2.88. The zero-order chi connectivity index (χ0) is 21.4. The summed E-state index contributed by atoms with van der Waals surface area (Å²) in [6, 6.07) is 9.93. The van der Waals surface area contributed by atoms with Crippen LogP contribution in [-0.2, 0) is 25.6 Å². The van der Waals surface area contributed by atoms with Gasteiger partial charge in [0.2, 0.25) is 11.8 Å². The Kier molecular flexibility index (Phi) is 5.40. The second-order valence-electron chi connectivity index (χ2n) is 6.74. The molecule has 10 heteroatoms. The zero-order valence-corrected chi connectivity index (χ0v) is 16.0. The molecule has 1 unspecified atom stereocenters. The van der Waals surface area contributed by atoms with Crippen LogP contribution in [0, 0.1) is 5.92 Å². The Balaban J connectivity index is 1.71. The molecule has 1 heterocycles. The van der Waals surface area contributed by atoms with Gasteiger partial charge in [0.05, 0.1) is 16.4 Å². The van der Waals surface area contributed by atoms with Gasteiger partial charge in [-0.25, -0.2) is 8.42 Å². The third-order valence-electron chi connectivity index (χ3n) is 4.53. The van der Waals surface area contributed by atoms with E-state index < -0.39 is 39.3 Å². The van der Waals surface area contributed by atoms with Gasteiger partial charge in [-0.1, -0.05) is 6.07 Å². The lowest BCUT2D eigenvalue weighted by atomic mass is 10.1. The van der Waals surface area contributed by atoms with Crippen LogP contribution >= 0.6 is 0 Å². The number of rotatable bonds is 4. The van der Waals surface area contributed by atoms with Crippen LogP contribution in [0.2, 0.25) is 0 Å². The lowest BCUT2D eigenvalue weighted by molar-refractivity contribution is -0.137. The van der Waals surface area contributed by atoms with Gasteiger partial charge in [0.25, 0.3) is 0 Å². The first-order chi connectivity index (χ1) is 13.4. The van der Waals surface area contributed by atoms with E-state index in [1.807, 2.05) is 0 Å². The van der Waals surface area contributed by atoms with Crippen LogP contribution in [0.3, 0.4) is 0 Å². The number of hydrogen-bond donors (Lipinski definition) is 1. The molecule has 2 aromatic rings.